The van der Waals surface area contributed by atoms with E-state index in [1.165, 1.54) is 31.7 Å². The van der Waals surface area contributed by atoms with E-state index in [2.05, 4.69) is 16.9 Å². The van der Waals surface area contributed by atoms with Gasteiger partial charge in [-0.05, 0) is 25.2 Å². The first-order valence-electron chi connectivity index (χ1n) is 7.07. The summed E-state index contributed by atoms with van der Waals surface area (Å²) >= 11 is 0. The van der Waals surface area contributed by atoms with Gasteiger partial charge in [-0.25, -0.2) is 9.97 Å². The van der Waals surface area contributed by atoms with E-state index in [0.717, 1.165) is 31.8 Å². The zero-order chi connectivity index (χ0) is 13.7. The number of likely N-dealkylation sites (tertiary alicyclic amines) is 1. The number of nitrogens with two attached hydrogens (primary N) is 1. The summed E-state index contributed by atoms with van der Waals surface area (Å²) in [5.74, 6) is 1.08. The number of carbonyl (C=O) groups is 1. The molecule has 2 N–H and O–H groups in total. The molecular formula is C14H22N4O. The third-order valence-corrected chi connectivity index (χ3v) is 3.72. The van der Waals surface area contributed by atoms with Crippen molar-refractivity contribution in [2.24, 2.45) is 5.92 Å². The second-order valence-corrected chi connectivity index (χ2v) is 5.20. The molecule has 1 atom stereocenters. The van der Waals surface area contributed by atoms with Crippen molar-refractivity contribution in [2.45, 2.75) is 39.0 Å². The Labute approximate surface area is 114 Å². The maximum absolute atomic E-state index is 12.3. The number of aromatic nitrogens is 2. The molecule has 1 amide bonds. The van der Waals surface area contributed by atoms with Crippen molar-refractivity contribution in [3.05, 3.63) is 18.1 Å². The van der Waals surface area contributed by atoms with Gasteiger partial charge in [0.15, 0.2) is 0 Å². The van der Waals surface area contributed by atoms with E-state index >= 15 is 0 Å². The van der Waals surface area contributed by atoms with Crippen molar-refractivity contribution in [1.82, 2.24) is 14.9 Å². The van der Waals surface area contributed by atoms with E-state index in [1.54, 1.807) is 0 Å². The van der Waals surface area contributed by atoms with Crippen molar-refractivity contribution in [3.8, 4) is 0 Å². The summed E-state index contributed by atoms with van der Waals surface area (Å²) in [7, 11) is 0. The van der Waals surface area contributed by atoms with Crippen LogP contribution in [0.5, 0.6) is 0 Å². The molecule has 19 heavy (non-hydrogen) atoms. The molecular weight excluding hydrogens is 240 g/mol. The van der Waals surface area contributed by atoms with Crippen molar-refractivity contribution < 1.29 is 4.79 Å². The molecule has 0 radical (unpaired) electrons. The van der Waals surface area contributed by atoms with Gasteiger partial charge in [0.1, 0.15) is 11.5 Å². The average molecular weight is 262 g/mol. The molecule has 5 nitrogen and oxygen atoms in total. The third-order valence-electron chi connectivity index (χ3n) is 3.72. The molecule has 0 aliphatic carbocycles. The number of hydrogen-bond acceptors (Lipinski definition) is 4. The molecule has 0 aromatic carbocycles. The Kier molecular flexibility index (Phi) is 4.71. The smallest absolute Gasteiger partial charge is 0.274 e. The van der Waals surface area contributed by atoms with Crippen LogP contribution in [0.2, 0.25) is 0 Å². The van der Waals surface area contributed by atoms with Gasteiger partial charge in [-0.15, -0.1) is 0 Å². The first-order chi connectivity index (χ1) is 9.20. The van der Waals surface area contributed by atoms with E-state index in [9.17, 15) is 4.79 Å². The molecule has 104 valence electrons. The van der Waals surface area contributed by atoms with Gasteiger partial charge in [-0.2, -0.15) is 0 Å². The average Bonchev–Trinajstić information content (AvgIpc) is 2.65. The van der Waals surface area contributed by atoms with Gasteiger partial charge in [-0.1, -0.05) is 19.8 Å². The lowest BCUT2D eigenvalue weighted by molar-refractivity contribution is 0.0753. The largest absolute Gasteiger partial charge is 0.382 e. The Bertz CT molecular complexity index is 418. The number of rotatable bonds is 3. The van der Waals surface area contributed by atoms with Gasteiger partial charge in [0, 0.05) is 13.1 Å². The Morgan fingerprint density at radius 2 is 2.21 bits per heavy atom. The van der Waals surface area contributed by atoms with Gasteiger partial charge in [0.25, 0.3) is 5.91 Å². The van der Waals surface area contributed by atoms with Gasteiger partial charge < -0.3 is 10.6 Å². The summed E-state index contributed by atoms with van der Waals surface area (Å²) in [5, 5.41) is 0. The predicted octanol–water partition coefficient (Wildman–Crippen LogP) is 2.10. The van der Waals surface area contributed by atoms with Crippen LogP contribution < -0.4 is 5.73 Å². The molecule has 2 rings (SSSR count). The first kappa shape index (κ1) is 13.8. The quantitative estimate of drug-likeness (QED) is 0.905. The van der Waals surface area contributed by atoms with Crippen LogP contribution in [0.1, 0.15) is 49.5 Å². The second-order valence-electron chi connectivity index (χ2n) is 5.20. The van der Waals surface area contributed by atoms with Crippen LogP contribution in [0.25, 0.3) is 0 Å². The Morgan fingerprint density at radius 3 is 2.89 bits per heavy atom. The summed E-state index contributed by atoms with van der Waals surface area (Å²) in [6.07, 6.45) is 8.80. The number of nitrogen functional groups attached to an aromatic ring is 1. The lowest BCUT2D eigenvalue weighted by Crippen LogP contribution is -2.32. The highest BCUT2D eigenvalue weighted by Crippen LogP contribution is 2.22. The normalized spacial score (nSPS) is 20.1. The molecule has 2 heterocycles. The lowest BCUT2D eigenvalue weighted by atomic mass is 9.96. The van der Waals surface area contributed by atoms with Crippen molar-refractivity contribution in [2.75, 3.05) is 18.8 Å². The molecule has 1 aromatic heterocycles. The maximum Gasteiger partial charge on any atom is 0.274 e. The highest BCUT2D eigenvalue weighted by molar-refractivity contribution is 5.92. The summed E-state index contributed by atoms with van der Waals surface area (Å²) in [6, 6.07) is 0. The molecule has 1 unspecified atom stereocenters. The van der Waals surface area contributed by atoms with Gasteiger partial charge in [0.05, 0.1) is 12.4 Å². The van der Waals surface area contributed by atoms with E-state index in [0.29, 0.717) is 11.5 Å². The van der Waals surface area contributed by atoms with Gasteiger partial charge >= 0.3 is 0 Å². The fourth-order valence-corrected chi connectivity index (χ4v) is 2.68. The lowest BCUT2D eigenvalue weighted by Gasteiger charge is -2.20. The molecule has 5 heteroatoms. The fourth-order valence-electron chi connectivity index (χ4n) is 2.68. The minimum Gasteiger partial charge on any atom is -0.382 e. The van der Waals surface area contributed by atoms with Crippen LogP contribution in [0.4, 0.5) is 5.82 Å². The van der Waals surface area contributed by atoms with E-state index in [1.807, 2.05) is 4.90 Å². The molecule has 0 spiro atoms. The zero-order valence-electron chi connectivity index (χ0n) is 11.5. The van der Waals surface area contributed by atoms with Crippen LogP contribution in [0.3, 0.4) is 0 Å². The van der Waals surface area contributed by atoms with Crippen LogP contribution in [0.15, 0.2) is 12.4 Å². The van der Waals surface area contributed by atoms with Gasteiger partial charge in [0.2, 0.25) is 0 Å². The number of carbonyl (C=O) groups excluding carboxylic acids is 1. The number of nitrogens with zero attached hydrogens (tertiary/aromatic N) is 3. The number of amides is 1. The highest BCUT2D eigenvalue weighted by atomic mass is 16.2. The van der Waals surface area contributed by atoms with Crippen LogP contribution in [-0.2, 0) is 0 Å². The Hall–Kier alpha value is -1.65. The third kappa shape index (κ3) is 3.66. The molecule has 0 saturated carbocycles. The zero-order valence-corrected chi connectivity index (χ0v) is 11.5. The van der Waals surface area contributed by atoms with Crippen LogP contribution >= 0.6 is 0 Å². The minimum absolute atomic E-state index is 0.0235. The Morgan fingerprint density at radius 1 is 1.37 bits per heavy atom. The summed E-state index contributed by atoms with van der Waals surface area (Å²) in [4.78, 5) is 22.2. The second kappa shape index (κ2) is 6.50. The summed E-state index contributed by atoms with van der Waals surface area (Å²) < 4.78 is 0. The topological polar surface area (TPSA) is 72.1 Å². The standard InChI is InChI=1S/C14H22N4O/c1-2-4-11-5-3-7-18(8-6-11)14(19)12-9-17-13(15)10-16-12/h9-11H,2-8H2,1H3,(H2,15,17). The molecule has 1 aliphatic heterocycles. The van der Waals surface area contributed by atoms with Crippen molar-refractivity contribution >= 4 is 11.7 Å². The summed E-state index contributed by atoms with van der Waals surface area (Å²) in [6.45, 7) is 3.87. The van der Waals surface area contributed by atoms with E-state index in [4.69, 9.17) is 5.73 Å². The van der Waals surface area contributed by atoms with Crippen molar-refractivity contribution in [1.29, 1.82) is 0 Å². The van der Waals surface area contributed by atoms with Crippen LogP contribution in [0, 0.1) is 5.92 Å². The van der Waals surface area contributed by atoms with Gasteiger partial charge in [-0.3, -0.25) is 4.79 Å². The van der Waals surface area contributed by atoms with E-state index < -0.39 is 0 Å². The number of anilines is 1. The molecule has 1 aliphatic rings. The predicted molar refractivity (Wildman–Crippen MR) is 74.6 cm³/mol. The highest BCUT2D eigenvalue weighted by Gasteiger charge is 2.22. The molecule has 0 bridgehead atoms. The van der Waals surface area contributed by atoms with E-state index in [-0.39, 0.29) is 5.91 Å². The fraction of sp³-hybridized carbons (Fsp3) is 0.643. The summed E-state index contributed by atoms with van der Waals surface area (Å²) in [5.41, 5.74) is 5.88. The molecule has 1 fully saturated rings. The maximum atomic E-state index is 12.3. The van der Waals surface area contributed by atoms with Crippen LogP contribution in [-0.4, -0.2) is 33.9 Å². The molecule has 1 aromatic rings. The Balaban J connectivity index is 1.98. The minimum atomic E-state index is -0.0235. The SMILES string of the molecule is CCCC1CCCN(C(=O)c2cnc(N)cn2)CC1. The number of hydrogen-bond donors (Lipinski definition) is 1. The monoisotopic (exact) mass is 262 g/mol. The molecule has 1 saturated heterocycles. The first-order valence-corrected chi connectivity index (χ1v) is 7.07. The van der Waals surface area contributed by atoms with Crippen molar-refractivity contribution in [3.63, 3.8) is 0 Å².